The third-order valence-electron chi connectivity index (χ3n) is 3.47. The van der Waals surface area contributed by atoms with E-state index in [0.717, 1.165) is 0 Å². The lowest BCUT2D eigenvalue weighted by Crippen LogP contribution is -2.37. The van der Waals surface area contributed by atoms with E-state index in [1.165, 1.54) is 6.07 Å². The van der Waals surface area contributed by atoms with Crippen LogP contribution in [0.15, 0.2) is 52.6 Å². The second kappa shape index (κ2) is 6.44. The molecule has 9 heteroatoms. The van der Waals surface area contributed by atoms with E-state index in [1.54, 1.807) is 29.1 Å². The summed E-state index contributed by atoms with van der Waals surface area (Å²) in [5.41, 5.74) is 0.481. The summed E-state index contributed by atoms with van der Waals surface area (Å²) in [7, 11) is -3.58. The highest BCUT2D eigenvalue weighted by atomic mass is 32.2. The van der Waals surface area contributed by atoms with Crippen LogP contribution in [0.25, 0.3) is 0 Å². The standard InChI is InChI=1S/C15H17N5O3S/c1-11(10-20-8-4-7-17-20)18-14(21)9-16-15-12-5-2-3-6-13(12)24(22,23)19-15/h2-8,11H,9-10H2,1H3,(H,16,19)(H,18,21)/t11-/m1/s1. The van der Waals surface area contributed by atoms with E-state index < -0.39 is 10.0 Å². The van der Waals surface area contributed by atoms with Crippen molar-refractivity contribution in [2.45, 2.75) is 24.4 Å². The van der Waals surface area contributed by atoms with E-state index in [1.807, 2.05) is 19.2 Å². The molecule has 2 aromatic rings. The van der Waals surface area contributed by atoms with Crippen LogP contribution in [-0.4, -0.2) is 42.5 Å². The molecular formula is C15H17N5O3S. The third-order valence-corrected chi connectivity index (χ3v) is 4.87. The zero-order valence-electron chi connectivity index (χ0n) is 13.0. The molecule has 0 bridgehead atoms. The van der Waals surface area contributed by atoms with E-state index >= 15 is 0 Å². The fourth-order valence-corrected chi connectivity index (χ4v) is 3.71. The summed E-state index contributed by atoms with van der Waals surface area (Å²) in [4.78, 5) is 16.3. The second-order valence-corrected chi connectivity index (χ2v) is 7.11. The number of rotatable bonds is 5. The average Bonchev–Trinajstić information content (AvgIpc) is 3.12. The maximum atomic E-state index is 12.0. The third kappa shape index (κ3) is 3.46. The summed E-state index contributed by atoms with van der Waals surface area (Å²) < 4.78 is 28.0. The summed E-state index contributed by atoms with van der Waals surface area (Å²) in [5, 5.41) is 6.88. The van der Waals surface area contributed by atoms with Crippen LogP contribution in [0.3, 0.4) is 0 Å². The number of fused-ring (bicyclic) bond motifs is 1. The van der Waals surface area contributed by atoms with Crippen LogP contribution in [0, 0.1) is 0 Å². The van der Waals surface area contributed by atoms with Gasteiger partial charge in [0.1, 0.15) is 12.4 Å². The fourth-order valence-electron chi connectivity index (χ4n) is 2.46. The lowest BCUT2D eigenvalue weighted by atomic mass is 10.2. The largest absolute Gasteiger partial charge is 0.350 e. The molecule has 0 saturated heterocycles. The van der Waals surface area contributed by atoms with Crippen molar-refractivity contribution in [1.29, 1.82) is 0 Å². The van der Waals surface area contributed by atoms with Gasteiger partial charge in [0, 0.05) is 24.0 Å². The van der Waals surface area contributed by atoms with Crippen LogP contribution in [0.1, 0.15) is 12.5 Å². The number of aliphatic imine (C=N–C) groups is 1. The topological polar surface area (TPSA) is 105 Å². The van der Waals surface area contributed by atoms with Gasteiger partial charge in [-0.25, -0.2) is 8.42 Å². The van der Waals surface area contributed by atoms with E-state index in [-0.39, 0.29) is 29.2 Å². The summed E-state index contributed by atoms with van der Waals surface area (Å²) in [6.45, 7) is 2.25. The summed E-state index contributed by atoms with van der Waals surface area (Å²) in [5.74, 6) is -0.0915. The Morgan fingerprint density at radius 3 is 2.92 bits per heavy atom. The quantitative estimate of drug-likeness (QED) is 0.802. The molecule has 1 aromatic carbocycles. The number of sulfonamides is 1. The minimum atomic E-state index is -3.58. The van der Waals surface area contributed by atoms with Crippen LogP contribution >= 0.6 is 0 Å². The van der Waals surface area contributed by atoms with Crippen molar-refractivity contribution in [3.8, 4) is 0 Å². The number of aromatic nitrogens is 2. The van der Waals surface area contributed by atoms with Gasteiger partial charge in [-0.2, -0.15) is 5.10 Å². The minimum absolute atomic E-state index is 0.120. The van der Waals surface area contributed by atoms with Gasteiger partial charge in [0.25, 0.3) is 10.0 Å². The van der Waals surface area contributed by atoms with Gasteiger partial charge in [-0.3, -0.25) is 19.2 Å². The Balaban J connectivity index is 1.63. The van der Waals surface area contributed by atoms with Crippen molar-refractivity contribution in [2.75, 3.05) is 6.54 Å². The van der Waals surface area contributed by atoms with Gasteiger partial charge in [0.05, 0.1) is 11.4 Å². The van der Waals surface area contributed by atoms with Crippen LogP contribution in [0.5, 0.6) is 0 Å². The fraction of sp³-hybridized carbons (Fsp3) is 0.267. The van der Waals surface area contributed by atoms with Crippen molar-refractivity contribution >= 4 is 21.8 Å². The lowest BCUT2D eigenvalue weighted by molar-refractivity contribution is -0.120. The molecule has 0 spiro atoms. The van der Waals surface area contributed by atoms with Gasteiger partial charge >= 0.3 is 0 Å². The average molecular weight is 347 g/mol. The van der Waals surface area contributed by atoms with Crippen molar-refractivity contribution in [1.82, 2.24) is 19.8 Å². The van der Waals surface area contributed by atoms with Gasteiger partial charge in [0.2, 0.25) is 5.91 Å². The molecule has 1 aromatic heterocycles. The number of hydrogen-bond acceptors (Lipinski definition) is 5. The summed E-state index contributed by atoms with van der Waals surface area (Å²) in [6.07, 6.45) is 3.48. The first-order valence-corrected chi connectivity index (χ1v) is 8.87. The van der Waals surface area contributed by atoms with E-state index in [2.05, 4.69) is 20.1 Å². The molecule has 0 fully saturated rings. The number of carbonyl (C=O) groups is 1. The molecule has 1 aliphatic heterocycles. The zero-order valence-corrected chi connectivity index (χ0v) is 13.8. The highest BCUT2D eigenvalue weighted by molar-refractivity contribution is 7.90. The zero-order chi connectivity index (χ0) is 17.2. The normalized spacial score (nSPS) is 18.0. The molecule has 2 N–H and O–H groups in total. The van der Waals surface area contributed by atoms with Gasteiger partial charge in [-0.15, -0.1) is 0 Å². The molecule has 1 amide bonds. The molecule has 3 rings (SSSR count). The molecule has 1 aliphatic rings. The number of amides is 1. The number of nitrogens with one attached hydrogen (secondary N) is 2. The first kappa shape index (κ1) is 16.2. The molecule has 0 saturated carbocycles. The van der Waals surface area contributed by atoms with Crippen LogP contribution < -0.4 is 10.0 Å². The lowest BCUT2D eigenvalue weighted by Gasteiger charge is -2.13. The smallest absolute Gasteiger partial charge is 0.263 e. The summed E-state index contributed by atoms with van der Waals surface area (Å²) >= 11 is 0. The number of nitrogens with zero attached hydrogens (tertiary/aromatic N) is 3. The second-order valence-electron chi connectivity index (χ2n) is 5.46. The molecular weight excluding hydrogens is 330 g/mol. The van der Waals surface area contributed by atoms with E-state index in [9.17, 15) is 13.2 Å². The van der Waals surface area contributed by atoms with Crippen LogP contribution in [0.2, 0.25) is 0 Å². The number of amidine groups is 1. The van der Waals surface area contributed by atoms with Gasteiger partial charge in [0.15, 0.2) is 0 Å². The SMILES string of the molecule is C[C@H](Cn1cccn1)NC(=O)CN=C1NS(=O)(=O)c2ccccc21. The van der Waals surface area contributed by atoms with Gasteiger partial charge in [-0.1, -0.05) is 12.1 Å². The highest BCUT2D eigenvalue weighted by Crippen LogP contribution is 2.21. The molecule has 1 atom stereocenters. The highest BCUT2D eigenvalue weighted by Gasteiger charge is 2.30. The monoisotopic (exact) mass is 347 g/mol. The Morgan fingerprint density at radius 1 is 1.38 bits per heavy atom. The Bertz CT molecular complexity index is 874. The summed E-state index contributed by atoms with van der Waals surface area (Å²) in [6, 6.07) is 8.22. The number of carbonyl (C=O) groups excluding carboxylic acids is 1. The minimum Gasteiger partial charge on any atom is -0.350 e. The molecule has 24 heavy (non-hydrogen) atoms. The van der Waals surface area contributed by atoms with Crippen LogP contribution in [0.4, 0.5) is 0 Å². The predicted octanol–water partition coefficient (Wildman–Crippen LogP) is 0.127. The Labute approximate surface area is 139 Å². The predicted molar refractivity (Wildman–Crippen MR) is 88.0 cm³/mol. The van der Waals surface area contributed by atoms with Crippen molar-refractivity contribution in [3.63, 3.8) is 0 Å². The maximum Gasteiger partial charge on any atom is 0.263 e. The van der Waals surface area contributed by atoms with Crippen molar-refractivity contribution in [3.05, 3.63) is 48.3 Å². The molecule has 8 nitrogen and oxygen atoms in total. The van der Waals surface area contributed by atoms with Crippen molar-refractivity contribution in [2.24, 2.45) is 4.99 Å². The van der Waals surface area contributed by atoms with E-state index in [4.69, 9.17) is 0 Å². The number of benzene rings is 1. The Morgan fingerprint density at radius 2 is 2.17 bits per heavy atom. The first-order chi connectivity index (χ1) is 11.5. The van der Waals surface area contributed by atoms with Gasteiger partial charge < -0.3 is 5.32 Å². The molecule has 0 aliphatic carbocycles. The molecule has 0 radical (unpaired) electrons. The van der Waals surface area contributed by atoms with Crippen LogP contribution in [-0.2, 0) is 21.4 Å². The van der Waals surface area contributed by atoms with Crippen molar-refractivity contribution < 1.29 is 13.2 Å². The Hall–Kier alpha value is -2.68. The molecule has 2 heterocycles. The van der Waals surface area contributed by atoms with Gasteiger partial charge in [-0.05, 0) is 25.1 Å². The molecule has 126 valence electrons. The molecule has 0 unspecified atom stereocenters. The Kier molecular flexibility index (Phi) is 4.34. The van der Waals surface area contributed by atoms with E-state index in [0.29, 0.717) is 12.1 Å². The number of hydrogen-bond donors (Lipinski definition) is 2. The maximum absolute atomic E-state index is 12.0. The first-order valence-electron chi connectivity index (χ1n) is 7.39.